The van der Waals surface area contributed by atoms with E-state index >= 15 is 0 Å². The van der Waals surface area contributed by atoms with Gasteiger partial charge in [0, 0.05) is 18.8 Å². The summed E-state index contributed by atoms with van der Waals surface area (Å²) in [6, 6.07) is 14.7. The largest absolute Gasteiger partial charge is 0.338 e. The van der Waals surface area contributed by atoms with E-state index in [0.717, 1.165) is 18.8 Å². The van der Waals surface area contributed by atoms with Gasteiger partial charge in [0.25, 0.3) is 0 Å². The van der Waals surface area contributed by atoms with E-state index in [-0.39, 0.29) is 0 Å². The summed E-state index contributed by atoms with van der Waals surface area (Å²) in [4.78, 5) is 6.79. The first kappa shape index (κ1) is 17.9. The lowest BCUT2D eigenvalue weighted by molar-refractivity contribution is 0.771. The molecule has 0 spiro atoms. The Morgan fingerprint density at radius 3 is 2.35 bits per heavy atom. The van der Waals surface area contributed by atoms with E-state index in [1.54, 1.807) is 6.20 Å². The van der Waals surface area contributed by atoms with Gasteiger partial charge < -0.3 is 10.2 Å². The number of hydrogen-bond donors (Lipinski definition) is 1. The average Bonchev–Trinajstić information content (AvgIpc) is 2.64. The lowest BCUT2D eigenvalue weighted by Gasteiger charge is -2.21. The van der Waals surface area contributed by atoms with Crippen LogP contribution in [-0.4, -0.2) is 21.7 Å². The maximum atomic E-state index is 4.68. The molecule has 1 aromatic heterocycles. The highest BCUT2D eigenvalue weighted by Crippen LogP contribution is 2.25. The van der Waals surface area contributed by atoms with Crippen molar-refractivity contribution in [1.29, 1.82) is 0 Å². The van der Waals surface area contributed by atoms with Crippen LogP contribution in [0, 0.1) is 20.8 Å². The third kappa shape index (κ3) is 4.17. The zero-order valence-electron chi connectivity index (χ0n) is 15.8. The number of aryl methyl sites for hydroxylation is 3. The standard InChI is InChI=1S/C21H25N5/c1-5-26(14-18-9-7-6-8-10-18)21-24-19(13-22-25-21)23-20-16(3)11-15(2)12-17(20)4/h6-13H,5,14H2,1-4H3,(H,23,24,25). The molecule has 26 heavy (non-hydrogen) atoms. The van der Waals surface area contributed by atoms with Gasteiger partial charge in [0.05, 0.1) is 6.20 Å². The molecule has 0 saturated carbocycles. The van der Waals surface area contributed by atoms with Crippen LogP contribution >= 0.6 is 0 Å². The second-order valence-corrected chi connectivity index (χ2v) is 6.54. The SMILES string of the molecule is CCN(Cc1ccccc1)c1nncc(Nc2c(C)cc(C)cc2C)n1. The summed E-state index contributed by atoms with van der Waals surface area (Å²) in [6.45, 7) is 9.97. The molecule has 0 fully saturated rings. The highest BCUT2D eigenvalue weighted by Gasteiger charge is 2.11. The Bertz CT molecular complexity index is 854. The predicted molar refractivity (Wildman–Crippen MR) is 107 cm³/mol. The number of nitrogens with zero attached hydrogens (tertiary/aromatic N) is 4. The summed E-state index contributed by atoms with van der Waals surface area (Å²) in [6.07, 6.45) is 1.67. The second kappa shape index (κ2) is 7.95. The first-order chi connectivity index (χ1) is 12.6. The van der Waals surface area contributed by atoms with Crippen molar-refractivity contribution in [2.75, 3.05) is 16.8 Å². The Morgan fingerprint density at radius 1 is 1.00 bits per heavy atom. The molecule has 3 aromatic rings. The Morgan fingerprint density at radius 2 is 1.69 bits per heavy atom. The Kier molecular flexibility index (Phi) is 5.46. The van der Waals surface area contributed by atoms with Crippen LogP contribution in [0.15, 0.2) is 48.7 Å². The predicted octanol–water partition coefficient (Wildman–Crippen LogP) is 4.57. The molecule has 0 aliphatic heterocycles. The maximum absolute atomic E-state index is 4.68. The van der Waals surface area contributed by atoms with Gasteiger partial charge in [-0.15, -0.1) is 5.10 Å². The van der Waals surface area contributed by atoms with Crippen molar-refractivity contribution in [2.45, 2.75) is 34.2 Å². The molecule has 1 heterocycles. The van der Waals surface area contributed by atoms with Gasteiger partial charge in [-0.3, -0.25) is 0 Å². The molecule has 0 radical (unpaired) electrons. The van der Waals surface area contributed by atoms with Gasteiger partial charge >= 0.3 is 0 Å². The van der Waals surface area contributed by atoms with E-state index < -0.39 is 0 Å². The van der Waals surface area contributed by atoms with E-state index in [9.17, 15) is 0 Å². The van der Waals surface area contributed by atoms with E-state index in [2.05, 4.69) is 77.4 Å². The smallest absolute Gasteiger partial charge is 0.247 e. The molecule has 0 saturated heterocycles. The highest BCUT2D eigenvalue weighted by atomic mass is 15.3. The molecule has 0 unspecified atom stereocenters. The molecule has 0 atom stereocenters. The monoisotopic (exact) mass is 347 g/mol. The van der Waals surface area contributed by atoms with Crippen molar-refractivity contribution in [3.05, 3.63) is 70.9 Å². The van der Waals surface area contributed by atoms with Gasteiger partial charge in [0.15, 0.2) is 5.82 Å². The van der Waals surface area contributed by atoms with Crippen LogP contribution in [0.1, 0.15) is 29.2 Å². The first-order valence-electron chi connectivity index (χ1n) is 8.90. The number of rotatable bonds is 6. The van der Waals surface area contributed by atoms with Crippen LogP contribution in [-0.2, 0) is 6.54 Å². The molecule has 1 N–H and O–H groups in total. The van der Waals surface area contributed by atoms with Crippen molar-refractivity contribution in [3.8, 4) is 0 Å². The molecular weight excluding hydrogens is 322 g/mol. The lowest BCUT2D eigenvalue weighted by atomic mass is 10.1. The van der Waals surface area contributed by atoms with Crippen molar-refractivity contribution in [2.24, 2.45) is 0 Å². The van der Waals surface area contributed by atoms with Gasteiger partial charge in [0.2, 0.25) is 5.95 Å². The highest BCUT2D eigenvalue weighted by molar-refractivity contribution is 5.65. The molecule has 0 amide bonds. The average molecular weight is 347 g/mol. The first-order valence-corrected chi connectivity index (χ1v) is 8.90. The zero-order chi connectivity index (χ0) is 18.5. The topological polar surface area (TPSA) is 53.9 Å². The molecule has 0 aliphatic rings. The van der Waals surface area contributed by atoms with Gasteiger partial charge in [-0.05, 0) is 44.4 Å². The molecule has 5 heteroatoms. The van der Waals surface area contributed by atoms with Crippen molar-refractivity contribution in [1.82, 2.24) is 15.2 Å². The van der Waals surface area contributed by atoms with Crippen molar-refractivity contribution in [3.63, 3.8) is 0 Å². The number of benzene rings is 2. The quantitative estimate of drug-likeness (QED) is 0.708. The number of nitrogens with one attached hydrogen (secondary N) is 1. The third-order valence-electron chi connectivity index (χ3n) is 4.36. The third-order valence-corrected chi connectivity index (χ3v) is 4.36. The fourth-order valence-corrected chi connectivity index (χ4v) is 3.12. The van der Waals surface area contributed by atoms with Crippen LogP contribution in [0.3, 0.4) is 0 Å². The van der Waals surface area contributed by atoms with Crippen molar-refractivity contribution < 1.29 is 0 Å². The summed E-state index contributed by atoms with van der Waals surface area (Å²) in [5.74, 6) is 1.33. The maximum Gasteiger partial charge on any atom is 0.247 e. The number of hydrogen-bond acceptors (Lipinski definition) is 5. The normalized spacial score (nSPS) is 10.6. The Balaban J connectivity index is 1.83. The van der Waals surface area contributed by atoms with Gasteiger partial charge in [-0.2, -0.15) is 10.1 Å². The summed E-state index contributed by atoms with van der Waals surface area (Å²) < 4.78 is 0. The van der Waals surface area contributed by atoms with Gasteiger partial charge in [-0.25, -0.2) is 0 Å². The summed E-state index contributed by atoms with van der Waals surface area (Å²) in [5.41, 5.74) is 5.94. The van der Waals surface area contributed by atoms with Crippen molar-refractivity contribution >= 4 is 17.5 Å². The van der Waals surface area contributed by atoms with Crippen LogP contribution in [0.2, 0.25) is 0 Å². The molecular formula is C21H25N5. The molecule has 134 valence electrons. The molecule has 0 bridgehead atoms. The number of aromatic nitrogens is 3. The zero-order valence-corrected chi connectivity index (χ0v) is 15.8. The summed E-state index contributed by atoms with van der Waals surface area (Å²) >= 11 is 0. The Labute approximate surface area is 155 Å². The van der Waals surface area contributed by atoms with Gasteiger partial charge in [-0.1, -0.05) is 48.0 Å². The fourth-order valence-electron chi connectivity index (χ4n) is 3.12. The minimum atomic E-state index is 0.628. The minimum Gasteiger partial charge on any atom is -0.338 e. The van der Waals surface area contributed by atoms with E-state index in [1.165, 1.54) is 22.3 Å². The van der Waals surface area contributed by atoms with E-state index in [4.69, 9.17) is 0 Å². The number of anilines is 3. The summed E-state index contributed by atoms with van der Waals surface area (Å²) in [5, 5.41) is 11.8. The van der Waals surface area contributed by atoms with Crippen LogP contribution in [0.4, 0.5) is 17.5 Å². The summed E-state index contributed by atoms with van der Waals surface area (Å²) in [7, 11) is 0. The second-order valence-electron chi connectivity index (χ2n) is 6.54. The van der Waals surface area contributed by atoms with Crippen LogP contribution in [0.5, 0.6) is 0 Å². The molecule has 5 nitrogen and oxygen atoms in total. The minimum absolute atomic E-state index is 0.628. The van der Waals surface area contributed by atoms with E-state index in [1.807, 2.05) is 18.2 Å². The lowest BCUT2D eigenvalue weighted by Crippen LogP contribution is -2.24. The molecule has 0 aliphatic carbocycles. The molecule has 3 rings (SSSR count). The van der Waals surface area contributed by atoms with E-state index in [0.29, 0.717) is 11.8 Å². The molecule has 2 aromatic carbocycles. The fraction of sp³-hybridized carbons (Fsp3) is 0.286. The Hall–Kier alpha value is -2.95. The van der Waals surface area contributed by atoms with Crippen LogP contribution in [0.25, 0.3) is 0 Å². The van der Waals surface area contributed by atoms with Crippen LogP contribution < -0.4 is 10.2 Å². The van der Waals surface area contributed by atoms with Gasteiger partial charge in [0.1, 0.15) is 0 Å².